The van der Waals surface area contributed by atoms with E-state index >= 15 is 0 Å². The summed E-state index contributed by atoms with van der Waals surface area (Å²) >= 11 is 0. The number of hydrogen-bond donors (Lipinski definition) is 2. The van der Waals surface area contributed by atoms with Gasteiger partial charge in [0.1, 0.15) is 23.5 Å². The lowest BCUT2D eigenvalue weighted by molar-refractivity contribution is -0.275. The van der Waals surface area contributed by atoms with Crippen LogP contribution in [0.15, 0.2) is 61.1 Å². The third-order valence-electron chi connectivity index (χ3n) is 6.22. The Kier molecular flexibility index (Phi) is 6.60. The number of fused-ring (bicyclic) bond motifs is 1. The van der Waals surface area contributed by atoms with Gasteiger partial charge in [0, 0.05) is 37.0 Å². The van der Waals surface area contributed by atoms with E-state index in [4.69, 9.17) is 4.74 Å². The second-order valence-electron chi connectivity index (χ2n) is 8.77. The predicted molar refractivity (Wildman–Crippen MR) is 132 cm³/mol. The molecule has 8 nitrogen and oxygen atoms in total. The van der Waals surface area contributed by atoms with Crippen molar-refractivity contribution < 1.29 is 27.4 Å². The highest BCUT2D eigenvalue weighted by Gasteiger charge is 2.33. The first-order chi connectivity index (χ1) is 17.8. The number of piperidine rings is 1. The first-order valence-corrected chi connectivity index (χ1v) is 11.7. The molecule has 2 aromatic heterocycles. The number of para-hydroxylation sites is 1. The largest absolute Gasteiger partial charge is 0.573 e. The molecule has 37 heavy (non-hydrogen) atoms. The molecule has 5 rings (SSSR count). The van der Waals surface area contributed by atoms with E-state index in [-0.39, 0.29) is 17.6 Å². The van der Waals surface area contributed by atoms with E-state index in [1.54, 1.807) is 30.3 Å². The number of ether oxygens (including phenoxy) is 2. The fourth-order valence-corrected chi connectivity index (χ4v) is 4.43. The van der Waals surface area contributed by atoms with Crippen LogP contribution in [0.3, 0.4) is 0 Å². The Morgan fingerprint density at radius 3 is 2.57 bits per heavy atom. The van der Waals surface area contributed by atoms with Gasteiger partial charge in [-0.25, -0.2) is 9.97 Å². The minimum atomic E-state index is -4.89. The number of carbonyl (C=O) groups is 1. The van der Waals surface area contributed by atoms with Crippen molar-refractivity contribution in [2.45, 2.75) is 26.1 Å². The van der Waals surface area contributed by atoms with Crippen LogP contribution in [-0.2, 0) is 4.79 Å². The number of anilines is 2. The molecule has 1 aliphatic rings. The molecule has 192 valence electrons. The van der Waals surface area contributed by atoms with E-state index in [2.05, 4.69) is 29.9 Å². The van der Waals surface area contributed by atoms with Crippen LogP contribution in [0.4, 0.5) is 24.7 Å². The first-order valence-electron chi connectivity index (χ1n) is 11.7. The van der Waals surface area contributed by atoms with E-state index < -0.39 is 12.1 Å². The number of halogens is 3. The predicted octanol–water partition coefficient (Wildman–Crippen LogP) is 5.81. The number of benzene rings is 2. The molecule has 0 bridgehead atoms. The first kappa shape index (κ1) is 24.4. The molecule has 3 heterocycles. The number of aromatic amines is 1. The summed E-state index contributed by atoms with van der Waals surface area (Å²) in [6, 6.07) is 12.2. The molecule has 0 spiro atoms. The Hall–Kier alpha value is -4.28. The maximum atomic E-state index is 13.0. The van der Waals surface area contributed by atoms with Gasteiger partial charge in [0.15, 0.2) is 11.5 Å². The molecule has 0 radical (unpaired) electrons. The SMILES string of the molecule is Cc1c[nH]c2ncnc(N3CCC(C(=O)Nc4ccc(OC(F)(F)F)c(Oc5ccccc5)c4)CC3)c12. The summed E-state index contributed by atoms with van der Waals surface area (Å²) in [5, 5.41) is 3.78. The molecule has 2 aromatic carbocycles. The van der Waals surface area contributed by atoms with E-state index in [0.717, 1.165) is 28.5 Å². The molecule has 11 heteroatoms. The number of aryl methyl sites for hydroxylation is 1. The molecule has 4 aromatic rings. The van der Waals surface area contributed by atoms with Crippen molar-refractivity contribution in [2.24, 2.45) is 5.92 Å². The lowest BCUT2D eigenvalue weighted by Crippen LogP contribution is -2.38. The molecule has 1 aliphatic heterocycles. The van der Waals surface area contributed by atoms with Crippen LogP contribution in [0.5, 0.6) is 17.2 Å². The number of hydrogen-bond acceptors (Lipinski definition) is 6. The Morgan fingerprint density at radius 2 is 1.84 bits per heavy atom. The van der Waals surface area contributed by atoms with Crippen LogP contribution in [0.25, 0.3) is 11.0 Å². The van der Waals surface area contributed by atoms with Crippen LogP contribution in [0.1, 0.15) is 18.4 Å². The number of nitrogens with one attached hydrogen (secondary N) is 2. The molecule has 0 saturated carbocycles. The van der Waals surface area contributed by atoms with Gasteiger partial charge in [-0.1, -0.05) is 18.2 Å². The van der Waals surface area contributed by atoms with E-state index in [0.29, 0.717) is 37.4 Å². The zero-order valence-electron chi connectivity index (χ0n) is 19.9. The molecule has 0 atom stereocenters. The number of amides is 1. The molecule has 1 fully saturated rings. The molecule has 0 aliphatic carbocycles. The van der Waals surface area contributed by atoms with Crippen LogP contribution >= 0.6 is 0 Å². The molecule has 1 amide bonds. The normalized spacial score (nSPS) is 14.5. The summed E-state index contributed by atoms with van der Waals surface area (Å²) in [4.78, 5) is 27.0. The lowest BCUT2D eigenvalue weighted by atomic mass is 9.95. The second-order valence-corrected chi connectivity index (χ2v) is 8.77. The lowest BCUT2D eigenvalue weighted by Gasteiger charge is -2.32. The summed E-state index contributed by atoms with van der Waals surface area (Å²) in [5.74, 6) is 0.0445. The fraction of sp³-hybridized carbons (Fsp3) is 0.269. The average Bonchev–Trinajstić information content (AvgIpc) is 3.26. The zero-order chi connectivity index (χ0) is 26.0. The molecule has 0 unspecified atom stereocenters. The smallest absolute Gasteiger partial charge is 0.453 e. The monoisotopic (exact) mass is 511 g/mol. The minimum absolute atomic E-state index is 0.161. The average molecular weight is 512 g/mol. The van der Waals surface area contributed by atoms with Crippen LogP contribution < -0.4 is 19.7 Å². The van der Waals surface area contributed by atoms with Crippen LogP contribution in [0.2, 0.25) is 0 Å². The van der Waals surface area contributed by atoms with E-state index in [1.807, 2.05) is 13.1 Å². The van der Waals surface area contributed by atoms with Gasteiger partial charge in [0.25, 0.3) is 0 Å². The molecule has 2 N–H and O–H groups in total. The standard InChI is InChI=1S/C26H24F3N5O3/c1-16-14-30-23-22(16)24(32-15-31-23)34-11-9-17(10-12-34)25(35)33-18-7-8-20(37-26(27,28)29)21(13-18)36-19-5-3-2-4-6-19/h2-8,13-15,17H,9-12H2,1H3,(H,33,35)(H,30,31,32). The van der Waals surface area contributed by atoms with Crippen molar-refractivity contribution in [1.82, 2.24) is 15.0 Å². The molecular formula is C26H24F3N5O3. The third kappa shape index (κ3) is 5.60. The third-order valence-corrected chi connectivity index (χ3v) is 6.22. The van der Waals surface area contributed by atoms with Crippen molar-refractivity contribution >= 4 is 28.4 Å². The Morgan fingerprint density at radius 1 is 1.08 bits per heavy atom. The van der Waals surface area contributed by atoms with Crippen molar-refractivity contribution in [3.63, 3.8) is 0 Å². The number of nitrogens with zero attached hydrogens (tertiary/aromatic N) is 3. The Labute approximate surface area is 210 Å². The summed E-state index contributed by atoms with van der Waals surface area (Å²) in [7, 11) is 0. The molecule has 1 saturated heterocycles. The van der Waals surface area contributed by atoms with Gasteiger partial charge < -0.3 is 24.7 Å². The highest BCUT2D eigenvalue weighted by Crippen LogP contribution is 2.38. The van der Waals surface area contributed by atoms with Crippen molar-refractivity contribution in [2.75, 3.05) is 23.3 Å². The summed E-state index contributed by atoms with van der Waals surface area (Å²) in [6.45, 7) is 3.26. The number of carbonyl (C=O) groups excluding carboxylic acids is 1. The van der Waals surface area contributed by atoms with Gasteiger partial charge in [-0.2, -0.15) is 0 Å². The van der Waals surface area contributed by atoms with Gasteiger partial charge in [-0.3, -0.25) is 4.79 Å². The number of rotatable bonds is 6. The number of H-pyrrole nitrogens is 1. The van der Waals surface area contributed by atoms with Gasteiger partial charge in [-0.05, 0) is 49.6 Å². The molecular weight excluding hydrogens is 487 g/mol. The van der Waals surface area contributed by atoms with Crippen molar-refractivity contribution in [1.29, 1.82) is 0 Å². The van der Waals surface area contributed by atoms with E-state index in [1.165, 1.54) is 18.5 Å². The van der Waals surface area contributed by atoms with Crippen molar-refractivity contribution in [3.05, 3.63) is 66.6 Å². The van der Waals surface area contributed by atoms with Gasteiger partial charge >= 0.3 is 6.36 Å². The maximum absolute atomic E-state index is 13.0. The van der Waals surface area contributed by atoms with Crippen LogP contribution in [0, 0.1) is 12.8 Å². The van der Waals surface area contributed by atoms with E-state index in [9.17, 15) is 18.0 Å². The number of alkyl halides is 3. The Bertz CT molecular complexity index is 1400. The quantitative estimate of drug-likeness (QED) is 0.339. The summed E-state index contributed by atoms with van der Waals surface area (Å²) in [6.07, 6.45) is -0.272. The fourth-order valence-electron chi connectivity index (χ4n) is 4.43. The number of aromatic nitrogens is 3. The van der Waals surface area contributed by atoms with Gasteiger partial charge in [0.2, 0.25) is 5.91 Å². The maximum Gasteiger partial charge on any atom is 0.573 e. The second kappa shape index (κ2) is 10.00. The highest BCUT2D eigenvalue weighted by molar-refractivity contribution is 5.93. The van der Waals surface area contributed by atoms with Gasteiger partial charge in [0.05, 0.1) is 5.39 Å². The topological polar surface area (TPSA) is 92.4 Å². The van der Waals surface area contributed by atoms with Crippen LogP contribution in [-0.4, -0.2) is 40.3 Å². The zero-order valence-corrected chi connectivity index (χ0v) is 19.9. The summed E-state index contributed by atoms with van der Waals surface area (Å²) < 4.78 is 48.4. The summed E-state index contributed by atoms with van der Waals surface area (Å²) in [5.41, 5.74) is 2.14. The highest BCUT2D eigenvalue weighted by atomic mass is 19.4. The van der Waals surface area contributed by atoms with Gasteiger partial charge in [-0.15, -0.1) is 13.2 Å². The minimum Gasteiger partial charge on any atom is -0.453 e. The van der Waals surface area contributed by atoms with Crippen molar-refractivity contribution in [3.8, 4) is 17.2 Å². The Balaban J connectivity index is 1.27.